The molecule has 0 fully saturated rings. The predicted octanol–water partition coefficient (Wildman–Crippen LogP) is 2.16. The predicted molar refractivity (Wildman–Crippen MR) is 102 cm³/mol. The maximum Gasteiger partial charge on any atom is 0.258 e. The molecule has 0 bridgehead atoms. The Kier molecular flexibility index (Phi) is 5.96. The van der Waals surface area contributed by atoms with Crippen LogP contribution in [0, 0.1) is 0 Å². The Morgan fingerprint density at radius 2 is 1.74 bits per heavy atom. The van der Waals surface area contributed by atoms with Gasteiger partial charge < -0.3 is 19.7 Å². The summed E-state index contributed by atoms with van der Waals surface area (Å²) in [6.07, 6.45) is 0.833. The molecule has 3 rings (SSSR count). The van der Waals surface area contributed by atoms with Crippen LogP contribution in [0.25, 0.3) is 0 Å². The van der Waals surface area contributed by atoms with Gasteiger partial charge in [0, 0.05) is 13.1 Å². The number of methoxy groups -OCH3 is 1. The van der Waals surface area contributed by atoms with Crippen LogP contribution < -0.4 is 14.8 Å². The number of para-hydroxylation sites is 2. The van der Waals surface area contributed by atoms with Crippen molar-refractivity contribution in [1.82, 2.24) is 10.2 Å². The average Bonchev–Trinajstić information content (AvgIpc) is 2.71. The molecule has 0 saturated heterocycles. The van der Waals surface area contributed by atoms with Crippen LogP contribution >= 0.6 is 0 Å². The number of rotatable bonds is 6. The van der Waals surface area contributed by atoms with Gasteiger partial charge in [0.1, 0.15) is 6.04 Å². The van der Waals surface area contributed by atoms with Crippen LogP contribution in [0.5, 0.6) is 11.5 Å². The minimum absolute atomic E-state index is 0.0878. The van der Waals surface area contributed by atoms with E-state index in [4.69, 9.17) is 9.47 Å². The van der Waals surface area contributed by atoms with Crippen molar-refractivity contribution >= 4 is 11.8 Å². The van der Waals surface area contributed by atoms with E-state index < -0.39 is 6.04 Å². The van der Waals surface area contributed by atoms with E-state index in [1.807, 2.05) is 24.3 Å². The first-order valence-electron chi connectivity index (χ1n) is 8.99. The van der Waals surface area contributed by atoms with Gasteiger partial charge in [0.15, 0.2) is 18.1 Å². The Morgan fingerprint density at radius 3 is 2.48 bits per heavy atom. The molecular formula is C21H24N2O4. The Bertz CT molecular complexity index is 821. The van der Waals surface area contributed by atoms with Gasteiger partial charge in [0.05, 0.1) is 7.11 Å². The highest BCUT2D eigenvalue weighted by molar-refractivity contribution is 5.88. The second-order valence-corrected chi connectivity index (χ2v) is 6.51. The third-order valence-corrected chi connectivity index (χ3v) is 4.62. The number of hydrogen-bond acceptors (Lipinski definition) is 4. The highest BCUT2D eigenvalue weighted by atomic mass is 16.5. The van der Waals surface area contributed by atoms with Crippen LogP contribution in [-0.2, 0) is 22.6 Å². The van der Waals surface area contributed by atoms with E-state index in [1.54, 1.807) is 37.1 Å². The first-order valence-corrected chi connectivity index (χ1v) is 8.99. The second-order valence-electron chi connectivity index (χ2n) is 6.51. The number of nitrogens with zero attached hydrogens (tertiary/aromatic N) is 1. The van der Waals surface area contributed by atoms with Crippen LogP contribution in [0.15, 0.2) is 48.5 Å². The summed E-state index contributed by atoms with van der Waals surface area (Å²) in [6, 6.07) is 14.6. The molecule has 0 aliphatic carbocycles. The zero-order valence-electron chi connectivity index (χ0n) is 15.6. The van der Waals surface area contributed by atoms with Crippen molar-refractivity contribution in [3.05, 3.63) is 59.7 Å². The van der Waals surface area contributed by atoms with Crippen molar-refractivity contribution in [2.75, 3.05) is 20.3 Å². The molecule has 0 saturated carbocycles. The summed E-state index contributed by atoms with van der Waals surface area (Å²) in [5, 5.41) is 2.71. The van der Waals surface area contributed by atoms with Gasteiger partial charge in [-0.05, 0) is 36.6 Å². The summed E-state index contributed by atoms with van der Waals surface area (Å²) in [6.45, 7) is 2.76. The van der Waals surface area contributed by atoms with Crippen molar-refractivity contribution in [1.29, 1.82) is 0 Å². The van der Waals surface area contributed by atoms with Gasteiger partial charge in [-0.1, -0.05) is 36.4 Å². The maximum atomic E-state index is 12.7. The highest BCUT2D eigenvalue weighted by Gasteiger charge is 2.25. The topological polar surface area (TPSA) is 67.9 Å². The minimum atomic E-state index is -0.607. The molecular weight excluding hydrogens is 344 g/mol. The molecule has 27 heavy (non-hydrogen) atoms. The fourth-order valence-electron chi connectivity index (χ4n) is 3.18. The lowest BCUT2D eigenvalue weighted by Crippen LogP contribution is -2.49. The lowest BCUT2D eigenvalue weighted by molar-refractivity contribution is -0.137. The molecule has 6 nitrogen and oxygen atoms in total. The van der Waals surface area contributed by atoms with Gasteiger partial charge in [-0.15, -0.1) is 0 Å². The normalized spacial score (nSPS) is 14.1. The zero-order chi connectivity index (χ0) is 19.2. The maximum absolute atomic E-state index is 12.7. The third-order valence-electron chi connectivity index (χ3n) is 4.62. The molecule has 1 atom stereocenters. The van der Waals surface area contributed by atoms with Crippen LogP contribution in [0.3, 0.4) is 0 Å². The first kappa shape index (κ1) is 18.8. The summed E-state index contributed by atoms with van der Waals surface area (Å²) in [5.74, 6) is 0.609. The number of amides is 2. The van der Waals surface area contributed by atoms with E-state index in [0.29, 0.717) is 24.6 Å². The lowest BCUT2D eigenvalue weighted by Gasteiger charge is -2.31. The molecule has 1 heterocycles. The number of hydrogen-bond donors (Lipinski definition) is 1. The Hall–Kier alpha value is -3.02. The fourth-order valence-corrected chi connectivity index (χ4v) is 3.18. The van der Waals surface area contributed by atoms with E-state index in [2.05, 4.69) is 11.4 Å². The summed E-state index contributed by atoms with van der Waals surface area (Å²) in [4.78, 5) is 26.6. The molecule has 0 unspecified atom stereocenters. The zero-order valence-corrected chi connectivity index (χ0v) is 15.6. The van der Waals surface area contributed by atoms with Crippen molar-refractivity contribution < 1.29 is 19.1 Å². The molecule has 0 spiro atoms. The summed E-state index contributed by atoms with van der Waals surface area (Å²) < 4.78 is 10.7. The Balaban J connectivity index is 1.51. The van der Waals surface area contributed by atoms with Crippen molar-refractivity contribution in [3.8, 4) is 11.5 Å². The summed E-state index contributed by atoms with van der Waals surface area (Å²) in [7, 11) is 1.54. The molecule has 0 radical (unpaired) electrons. The molecule has 1 N–H and O–H groups in total. The van der Waals surface area contributed by atoms with Crippen LogP contribution in [0.1, 0.15) is 18.1 Å². The van der Waals surface area contributed by atoms with E-state index in [-0.39, 0.29) is 18.4 Å². The number of benzene rings is 2. The van der Waals surface area contributed by atoms with Gasteiger partial charge in [-0.25, -0.2) is 0 Å². The third kappa shape index (κ3) is 4.58. The standard InChI is InChI=1S/C21H24N2O4/c1-15(21(25)23-12-11-16-7-3-4-8-17(16)13-23)22-20(24)14-27-19-10-6-5-9-18(19)26-2/h3-10,15H,11-14H2,1-2H3,(H,22,24)/t15-/m0/s1. The van der Waals surface area contributed by atoms with Crippen LogP contribution in [0.4, 0.5) is 0 Å². The fraction of sp³-hybridized carbons (Fsp3) is 0.333. The van der Waals surface area contributed by atoms with Crippen LogP contribution in [0.2, 0.25) is 0 Å². The first-order chi connectivity index (χ1) is 13.1. The number of carbonyl (C=O) groups excluding carboxylic acids is 2. The smallest absolute Gasteiger partial charge is 0.258 e. The molecule has 2 aromatic rings. The molecule has 6 heteroatoms. The second kappa shape index (κ2) is 8.58. The van der Waals surface area contributed by atoms with Gasteiger partial charge in [-0.3, -0.25) is 9.59 Å². The van der Waals surface area contributed by atoms with E-state index in [1.165, 1.54) is 5.56 Å². The monoisotopic (exact) mass is 368 g/mol. The quantitative estimate of drug-likeness (QED) is 0.849. The molecule has 1 aliphatic rings. The number of fused-ring (bicyclic) bond motifs is 1. The molecule has 2 amide bonds. The summed E-state index contributed by atoms with van der Waals surface area (Å²) in [5.41, 5.74) is 2.44. The van der Waals surface area contributed by atoms with E-state index in [9.17, 15) is 9.59 Å². The molecule has 1 aliphatic heterocycles. The van der Waals surface area contributed by atoms with E-state index in [0.717, 1.165) is 12.0 Å². The van der Waals surface area contributed by atoms with Crippen LogP contribution in [-0.4, -0.2) is 43.0 Å². The Labute approximate surface area is 159 Å². The molecule has 2 aromatic carbocycles. The number of nitrogens with one attached hydrogen (secondary N) is 1. The average molecular weight is 368 g/mol. The van der Waals surface area contributed by atoms with Gasteiger partial charge in [-0.2, -0.15) is 0 Å². The minimum Gasteiger partial charge on any atom is -0.493 e. The van der Waals surface area contributed by atoms with Gasteiger partial charge in [0.25, 0.3) is 5.91 Å². The van der Waals surface area contributed by atoms with Gasteiger partial charge >= 0.3 is 0 Å². The lowest BCUT2D eigenvalue weighted by atomic mass is 9.99. The molecule has 142 valence electrons. The summed E-state index contributed by atoms with van der Waals surface area (Å²) >= 11 is 0. The molecule has 0 aromatic heterocycles. The Morgan fingerprint density at radius 1 is 1.07 bits per heavy atom. The highest BCUT2D eigenvalue weighted by Crippen LogP contribution is 2.25. The van der Waals surface area contributed by atoms with E-state index >= 15 is 0 Å². The largest absolute Gasteiger partial charge is 0.493 e. The van der Waals surface area contributed by atoms with Crippen molar-refractivity contribution in [3.63, 3.8) is 0 Å². The van der Waals surface area contributed by atoms with Crippen molar-refractivity contribution in [2.45, 2.75) is 25.9 Å². The van der Waals surface area contributed by atoms with Gasteiger partial charge in [0.2, 0.25) is 5.91 Å². The van der Waals surface area contributed by atoms with Crippen molar-refractivity contribution in [2.24, 2.45) is 0 Å². The number of carbonyl (C=O) groups is 2. The number of ether oxygens (including phenoxy) is 2. The SMILES string of the molecule is COc1ccccc1OCC(=O)N[C@@H](C)C(=O)N1CCc2ccccc2C1.